The fraction of sp³-hybridized carbons (Fsp3) is 0.667. The van der Waals surface area contributed by atoms with Gasteiger partial charge in [0.25, 0.3) is 0 Å². The third-order valence-corrected chi connectivity index (χ3v) is 3.08. The zero-order chi connectivity index (χ0) is 15.5. The average Bonchev–Trinajstić information content (AvgIpc) is 2.49. The van der Waals surface area contributed by atoms with Crippen molar-refractivity contribution in [3.05, 3.63) is 23.6 Å². The molecule has 0 unspecified atom stereocenters. The Bertz CT molecular complexity index is 397. The summed E-state index contributed by atoms with van der Waals surface area (Å²) in [6.45, 7) is 6.16. The van der Waals surface area contributed by atoms with E-state index >= 15 is 0 Å². The summed E-state index contributed by atoms with van der Waals surface area (Å²) in [7, 11) is 3.33. The van der Waals surface area contributed by atoms with E-state index in [1.807, 2.05) is 0 Å². The van der Waals surface area contributed by atoms with Crippen LogP contribution in [0.4, 0.5) is 10.2 Å². The molecule has 6 heteroatoms. The van der Waals surface area contributed by atoms with Crippen molar-refractivity contribution in [2.45, 2.75) is 19.9 Å². The summed E-state index contributed by atoms with van der Waals surface area (Å²) < 4.78 is 23.7. The van der Waals surface area contributed by atoms with Gasteiger partial charge in [-0.25, -0.2) is 9.37 Å². The largest absolute Gasteiger partial charge is 0.383 e. The van der Waals surface area contributed by atoms with E-state index in [-0.39, 0.29) is 5.82 Å². The molecule has 0 amide bonds. The van der Waals surface area contributed by atoms with Crippen LogP contribution in [0, 0.1) is 5.82 Å². The van der Waals surface area contributed by atoms with Crippen LogP contribution in [0.2, 0.25) is 0 Å². The van der Waals surface area contributed by atoms with Crippen molar-refractivity contribution >= 4 is 5.82 Å². The number of halogens is 1. The average molecular weight is 299 g/mol. The summed E-state index contributed by atoms with van der Waals surface area (Å²) >= 11 is 0. The number of aromatic nitrogens is 1. The third kappa shape index (κ3) is 6.37. The number of pyridine rings is 1. The predicted octanol–water partition coefficient (Wildman–Crippen LogP) is 1.82. The number of nitrogens with one attached hydrogen (secondary N) is 1. The lowest BCUT2D eigenvalue weighted by atomic mass is 10.2. The minimum Gasteiger partial charge on any atom is -0.383 e. The summed E-state index contributed by atoms with van der Waals surface area (Å²) in [5.74, 6) is 0.472. The quantitative estimate of drug-likeness (QED) is 0.632. The highest BCUT2D eigenvalue weighted by atomic mass is 19.1. The Labute approximate surface area is 126 Å². The highest BCUT2D eigenvalue weighted by Gasteiger charge is 2.13. The molecule has 1 aromatic rings. The number of anilines is 1. The van der Waals surface area contributed by atoms with Gasteiger partial charge < -0.3 is 19.7 Å². The van der Waals surface area contributed by atoms with Gasteiger partial charge in [0, 0.05) is 39.4 Å². The van der Waals surface area contributed by atoms with Crippen LogP contribution in [-0.2, 0) is 16.0 Å². The van der Waals surface area contributed by atoms with Gasteiger partial charge in [0.05, 0.1) is 19.4 Å². The molecule has 120 valence electrons. The van der Waals surface area contributed by atoms with E-state index in [0.717, 1.165) is 24.3 Å². The van der Waals surface area contributed by atoms with Crippen molar-refractivity contribution < 1.29 is 13.9 Å². The first kappa shape index (κ1) is 17.8. The van der Waals surface area contributed by atoms with Crippen LogP contribution in [0.15, 0.2) is 12.3 Å². The Balaban J connectivity index is 2.87. The van der Waals surface area contributed by atoms with Gasteiger partial charge in [0.1, 0.15) is 11.6 Å². The molecule has 1 rings (SSSR count). The lowest BCUT2D eigenvalue weighted by molar-refractivity contribution is 0.190. The SMILES string of the molecule is CCCNCc1cc(F)cnc1N(CCOC)CCOC. The molecule has 0 saturated carbocycles. The lowest BCUT2D eigenvalue weighted by Crippen LogP contribution is -2.33. The van der Waals surface area contributed by atoms with Gasteiger partial charge in [-0.3, -0.25) is 0 Å². The summed E-state index contributed by atoms with van der Waals surface area (Å²) in [5, 5.41) is 3.29. The number of rotatable bonds is 11. The van der Waals surface area contributed by atoms with Crippen LogP contribution in [0.3, 0.4) is 0 Å². The summed E-state index contributed by atoms with van der Waals surface area (Å²) in [6.07, 6.45) is 2.29. The Hall–Kier alpha value is -1.24. The second-order valence-electron chi connectivity index (χ2n) is 4.79. The smallest absolute Gasteiger partial charge is 0.141 e. The number of ether oxygens (including phenoxy) is 2. The van der Waals surface area contributed by atoms with E-state index in [1.165, 1.54) is 12.3 Å². The molecule has 0 aliphatic heterocycles. The van der Waals surface area contributed by atoms with E-state index in [2.05, 4.69) is 22.1 Å². The van der Waals surface area contributed by atoms with Crippen LogP contribution < -0.4 is 10.2 Å². The second kappa shape index (κ2) is 10.5. The zero-order valence-corrected chi connectivity index (χ0v) is 13.2. The highest BCUT2D eigenvalue weighted by Crippen LogP contribution is 2.18. The van der Waals surface area contributed by atoms with Crippen LogP contribution >= 0.6 is 0 Å². The van der Waals surface area contributed by atoms with Gasteiger partial charge in [-0.1, -0.05) is 6.92 Å². The molecular weight excluding hydrogens is 273 g/mol. The fourth-order valence-electron chi connectivity index (χ4n) is 2.02. The van der Waals surface area contributed by atoms with Crippen molar-refractivity contribution in [1.29, 1.82) is 0 Å². The predicted molar refractivity (Wildman–Crippen MR) is 82.2 cm³/mol. The van der Waals surface area contributed by atoms with Crippen molar-refractivity contribution in [3.8, 4) is 0 Å². The Kier molecular flexibility index (Phi) is 8.89. The summed E-state index contributed by atoms with van der Waals surface area (Å²) in [4.78, 5) is 6.33. The minimum atomic E-state index is -0.314. The van der Waals surface area contributed by atoms with Gasteiger partial charge in [-0.2, -0.15) is 0 Å². The summed E-state index contributed by atoms with van der Waals surface area (Å²) in [5.41, 5.74) is 0.857. The molecule has 0 radical (unpaired) electrons. The van der Waals surface area contributed by atoms with Crippen LogP contribution in [0.25, 0.3) is 0 Å². The molecule has 1 N–H and O–H groups in total. The Morgan fingerprint density at radius 2 is 1.90 bits per heavy atom. The molecular formula is C15H26FN3O2. The fourth-order valence-corrected chi connectivity index (χ4v) is 2.02. The first-order valence-electron chi connectivity index (χ1n) is 7.30. The van der Waals surface area contributed by atoms with Gasteiger partial charge in [0.2, 0.25) is 0 Å². The van der Waals surface area contributed by atoms with Crippen molar-refractivity contribution in [1.82, 2.24) is 10.3 Å². The van der Waals surface area contributed by atoms with Crippen molar-refractivity contribution in [3.63, 3.8) is 0 Å². The van der Waals surface area contributed by atoms with Crippen LogP contribution in [0.5, 0.6) is 0 Å². The number of nitrogens with zero attached hydrogens (tertiary/aromatic N) is 2. The van der Waals surface area contributed by atoms with Crippen LogP contribution in [0.1, 0.15) is 18.9 Å². The standard InChI is InChI=1S/C15H26FN3O2/c1-4-5-17-11-13-10-14(16)12-18-15(13)19(6-8-20-2)7-9-21-3/h10,12,17H,4-9,11H2,1-3H3. The molecule has 0 saturated heterocycles. The van der Waals surface area contributed by atoms with Gasteiger partial charge in [-0.05, 0) is 19.0 Å². The molecule has 1 aromatic heterocycles. The first-order valence-corrected chi connectivity index (χ1v) is 7.30. The van der Waals surface area contributed by atoms with E-state index < -0.39 is 0 Å². The molecule has 0 atom stereocenters. The molecule has 0 aliphatic carbocycles. The first-order chi connectivity index (χ1) is 10.2. The van der Waals surface area contributed by atoms with Gasteiger partial charge in [-0.15, -0.1) is 0 Å². The molecule has 21 heavy (non-hydrogen) atoms. The van der Waals surface area contributed by atoms with Crippen molar-refractivity contribution in [2.75, 3.05) is 52.0 Å². The molecule has 0 bridgehead atoms. The van der Waals surface area contributed by atoms with Crippen LogP contribution in [-0.4, -0.2) is 52.1 Å². The number of methoxy groups -OCH3 is 2. The van der Waals surface area contributed by atoms with E-state index in [4.69, 9.17) is 9.47 Å². The van der Waals surface area contributed by atoms with Crippen molar-refractivity contribution in [2.24, 2.45) is 0 Å². The summed E-state index contributed by atoms with van der Waals surface area (Å²) in [6, 6.07) is 1.54. The van der Waals surface area contributed by atoms with Gasteiger partial charge in [0.15, 0.2) is 0 Å². The molecule has 0 spiro atoms. The molecule has 5 nitrogen and oxygen atoms in total. The highest BCUT2D eigenvalue weighted by molar-refractivity contribution is 5.47. The maximum Gasteiger partial charge on any atom is 0.141 e. The molecule has 0 aromatic carbocycles. The molecule has 1 heterocycles. The maximum absolute atomic E-state index is 13.5. The normalized spacial score (nSPS) is 10.9. The van der Waals surface area contributed by atoms with E-state index in [9.17, 15) is 4.39 Å². The monoisotopic (exact) mass is 299 g/mol. The molecule has 0 aliphatic rings. The zero-order valence-electron chi connectivity index (χ0n) is 13.2. The third-order valence-electron chi connectivity index (χ3n) is 3.08. The minimum absolute atomic E-state index is 0.314. The van der Waals surface area contributed by atoms with E-state index in [1.54, 1.807) is 14.2 Å². The maximum atomic E-state index is 13.5. The Morgan fingerprint density at radius 1 is 1.24 bits per heavy atom. The lowest BCUT2D eigenvalue weighted by Gasteiger charge is -2.25. The number of hydrogen-bond acceptors (Lipinski definition) is 5. The number of hydrogen-bond donors (Lipinski definition) is 1. The van der Waals surface area contributed by atoms with E-state index in [0.29, 0.717) is 32.8 Å². The second-order valence-corrected chi connectivity index (χ2v) is 4.79. The molecule has 0 fully saturated rings. The van der Waals surface area contributed by atoms with Gasteiger partial charge >= 0.3 is 0 Å². The topological polar surface area (TPSA) is 46.6 Å². The Morgan fingerprint density at radius 3 is 2.48 bits per heavy atom.